The Morgan fingerprint density at radius 3 is 2.26 bits per heavy atom. The fourth-order valence-corrected chi connectivity index (χ4v) is 6.11. The number of pyridine rings is 1. The molecule has 0 aliphatic carbocycles. The number of hydrogen-bond acceptors (Lipinski definition) is 5. The van der Waals surface area contributed by atoms with Crippen molar-refractivity contribution in [2.24, 2.45) is 11.8 Å². The van der Waals surface area contributed by atoms with Crippen LogP contribution in [0.25, 0.3) is 0 Å². The average molecular weight is 564 g/mol. The minimum absolute atomic E-state index is 0.00444. The number of hydrogen-bond donors (Lipinski definition) is 0. The van der Waals surface area contributed by atoms with E-state index in [1.807, 2.05) is 42.5 Å². The molecule has 0 bridgehead atoms. The molecule has 8 heteroatoms. The first kappa shape index (κ1) is 27.3. The van der Waals surface area contributed by atoms with Crippen molar-refractivity contribution >= 4 is 34.9 Å². The van der Waals surface area contributed by atoms with Gasteiger partial charge in [-0.1, -0.05) is 35.3 Å². The van der Waals surface area contributed by atoms with Gasteiger partial charge in [0.25, 0.3) is 0 Å². The third kappa shape index (κ3) is 6.49. The predicted octanol–water partition coefficient (Wildman–Crippen LogP) is 6.58. The standard InChI is InChI=1S/C31H32Cl2N4O2/c1-21(39-27-9-7-26(33)8-10-27)28-14-17-37(20-29(28)23-3-5-25(32)6-4-23)31(38)24-12-15-36(16-13-24)30-11-2-22(18-34)19-35-30/h2-11,19,21,24,28-29H,12-17,20H2,1H3/t21-,28+,29+/m0/s1. The van der Waals surface area contributed by atoms with Gasteiger partial charge >= 0.3 is 0 Å². The molecule has 39 heavy (non-hydrogen) atoms. The Hall–Kier alpha value is -3.27. The summed E-state index contributed by atoms with van der Waals surface area (Å²) in [5, 5.41) is 10.4. The molecule has 2 saturated heterocycles. The lowest BCUT2D eigenvalue weighted by molar-refractivity contribution is -0.138. The number of rotatable bonds is 6. The molecule has 2 aromatic carbocycles. The Morgan fingerprint density at radius 1 is 0.974 bits per heavy atom. The second kappa shape index (κ2) is 12.3. The van der Waals surface area contributed by atoms with E-state index in [1.165, 1.54) is 5.56 Å². The maximum Gasteiger partial charge on any atom is 0.225 e. The minimum atomic E-state index is -0.0349. The number of aromatic nitrogens is 1. The number of halogens is 2. The van der Waals surface area contributed by atoms with Crippen LogP contribution in [0.2, 0.25) is 10.0 Å². The SMILES string of the molecule is C[C@H](Oc1ccc(Cl)cc1)[C@H]1CCN(C(=O)C2CCN(c3ccc(C#N)cn3)CC2)C[C@@H]1c1ccc(Cl)cc1. The van der Waals surface area contributed by atoms with Crippen LogP contribution in [0.4, 0.5) is 5.82 Å². The van der Waals surface area contributed by atoms with Crippen molar-refractivity contribution in [2.45, 2.75) is 38.2 Å². The van der Waals surface area contributed by atoms with Gasteiger partial charge in [0, 0.05) is 60.2 Å². The lowest BCUT2D eigenvalue weighted by Crippen LogP contribution is -2.49. The Balaban J connectivity index is 1.25. The first-order valence-corrected chi connectivity index (χ1v) is 14.2. The zero-order chi connectivity index (χ0) is 27.4. The molecule has 3 atom stereocenters. The Morgan fingerprint density at radius 2 is 1.64 bits per heavy atom. The van der Waals surface area contributed by atoms with Crippen LogP contribution in [0.15, 0.2) is 66.9 Å². The molecule has 2 fully saturated rings. The maximum atomic E-state index is 13.7. The number of amides is 1. The van der Waals surface area contributed by atoms with Crippen LogP contribution in [0, 0.1) is 23.2 Å². The fraction of sp³-hybridized carbons (Fsp3) is 0.387. The highest BCUT2D eigenvalue weighted by Gasteiger charge is 2.38. The number of anilines is 1. The average Bonchev–Trinajstić information content (AvgIpc) is 2.98. The normalized spacial score (nSPS) is 20.8. The number of nitriles is 1. The fourth-order valence-electron chi connectivity index (χ4n) is 5.86. The second-order valence-electron chi connectivity index (χ2n) is 10.4. The number of nitrogens with zero attached hydrogens (tertiary/aromatic N) is 4. The molecule has 1 aromatic heterocycles. The molecule has 0 saturated carbocycles. The maximum absolute atomic E-state index is 13.7. The molecule has 3 heterocycles. The van der Waals surface area contributed by atoms with Gasteiger partial charge in [-0.2, -0.15) is 5.26 Å². The molecule has 2 aliphatic heterocycles. The summed E-state index contributed by atoms with van der Waals surface area (Å²) in [5.41, 5.74) is 1.73. The van der Waals surface area contributed by atoms with Crippen LogP contribution in [-0.4, -0.2) is 48.1 Å². The van der Waals surface area contributed by atoms with E-state index in [0.717, 1.165) is 50.5 Å². The monoisotopic (exact) mass is 562 g/mol. The van der Waals surface area contributed by atoms with E-state index >= 15 is 0 Å². The zero-order valence-corrected chi connectivity index (χ0v) is 23.5. The van der Waals surface area contributed by atoms with Crippen molar-refractivity contribution in [1.82, 2.24) is 9.88 Å². The number of likely N-dealkylation sites (tertiary alicyclic amines) is 1. The minimum Gasteiger partial charge on any atom is -0.490 e. The van der Waals surface area contributed by atoms with Gasteiger partial charge in [0.05, 0.1) is 11.7 Å². The molecule has 2 aliphatic rings. The molecule has 3 aromatic rings. The molecule has 0 N–H and O–H groups in total. The number of carbonyl (C=O) groups excluding carboxylic acids is 1. The topological polar surface area (TPSA) is 69.5 Å². The van der Waals surface area contributed by atoms with E-state index in [9.17, 15) is 4.79 Å². The summed E-state index contributed by atoms with van der Waals surface area (Å²) in [7, 11) is 0. The molecule has 202 valence electrons. The Labute approximate surface area is 240 Å². The van der Waals surface area contributed by atoms with Gasteiger partial charge < -0.3 is 14.5 Å². The van der Waals surface area contributed by atoms with Crippen LogP contribution in [0.5, 0.6) is 5.75 Å². The third-order valence-corrected chi connectivity index (χ3v) is 8.56. The summed E-state index contributed by atoms with van der Waals surface area (Å²) in [5.74, 6) is 2.29. The Kier molecular flexibility index (Phi) is 8.60. The van der Waals surface area contributed by atoms with Gasteiger partial charge in [-0.15, -0.1) is 0 Å². The predicted molar refractivity (Wildman–Crippen MR) is 154 cm³/mol. The summed E-state index contributed by atoms with van der Waals surface area (Å²) in [6.45, 7) is 5.05. The number of piperidine rings is 2. The van der Waals surface area contributed by atoms with Crippen molar-refractivity contribution in [1.29, 1.82) is 5.26 Å². The molecule has 5 rings (SSSR count). The molecular weight excluding hydrogens is 531 g/mol. The smallest absolute Gasteiger partial charge is 0.225 e. The summed E-state index contributed by atoms with van der Waals surface area (Å²) in [6, 6.07) is 21.2. The van der Waals surface area contributed by atoms with E-state index < -0.39 is 0 Å². The van der Waals surface area contributed by atoms with Crippen molar-refractivity contribution in [3.8, 4) is 11.8 Å². The van der Waals surface area contributed by atoms with Gasteiger partial charge in [-0.05, 0) is 80.3 Å². The first-order valence-electron chi connectivity index (χ1n) is 13.5. The summed E-state index contributed by atoms with van der Waals surface area (Å²) in [4.78, 5) is 22.4. The molecule has 0 spiro atoms. The number of carbonyl (C=O) groups is 1. The van der Waals surface area contributed by atoms with Crippen LogP contribution >= 0.6 is 23.2 Å². The molecule has 0 radical (unpaired) electrons. The zero-order valence-electron chi connectivity index (χ0n) is 22.0. The van der Waals surface area contributed by atoms with Crippen LogP contribution in [0.3, 0.4) is 0 Å². The highest BCUT2D eigenvalue weighted by molar-refractivity contribution is 6.30. The third-order valence-electron chi connectivity index (χ3n) is 8.06. The van der Waals surface area contributed by atoms with Crippen LogP contribution in [0.1, 0.15) is 43.2 Å². The van der Waals surface area contributed by atoms with Gasteiger partial charge in [0.1, 0.15) is 17.6 Å². The summed E-state index contributed by atoms with van der Waals surface area (Å²) >= 11 is 12.3. The van der Waals surface area contributed by atoms with Crippen LogP contribution < -0.4 is 9.64 Å². The first-order chi connectivity index (χ1) is 18.9. The summed E-state index contributed by atoms with van der Waals surface area (Å²) < 4.78 is 6.35. The van der Waals surface area contributed by atoms with Crippen molar-refractivity contribution < 1.29 is 9.53 Å². The quantitative estimate of drug-likeness (QED) is 0.339. The highest BCUT2D eigenvalue weighted by Crippen LogP contribution is 2.38. The van der Waals surface area contributed by atoms with Crippen molar-refractivity contribution in [2.75, 3.05) is 31.1 Å². The van der Waals surface area contributed by atoms with Gasteiger partial charge in [-0.25, -0.2) is 4.98 Å². The summed E-state index contributed by atoms with van der Waals surface area (Å²) in [6.07, 6.45) is 4.02. The van der Waals surface area contributed by atoms with Gasteiger partial charge in [0.2, 0.25) is 5.91 Å². The van der Waals surface area contributed by atoms with Gasteiger partial charge in [-0.3, -0.25) is 4.79 Å². The molecule has 0 unspecified atom stereocenters. The van der Waals surface area contributed by atoms with Crippen molar-refractivity contribution in [3.05, 3.63) is 88.0 Å². The van der Waals surface area contributed by atoms with E-state index in [1.54, 1.807) is 12.3 Å². The van der Waals surface area contributed by atoms with Crippen LogP contribution in [-0.2, 0) is 4.79 Å². The van der Waals surface area contributed by atoms with Crippen molar-refractivity contribution in [3.63, 3.8) is 0 Å². The lowest BCUT2D eigenvalue weighted by atomic mass is 9.77. The largest absolute Gasteiger partial charge is 0.490 e. The highest BCUT2D eigenvalue weighted by atomic mass is 35.5. The van der Waals surface area contributed by atoms with Gasteiger partial charge in [0.15, 0.2) is 0 Å². The molecular formula is C31H32Cl2N4O2. The van der Waals surface area contributed by atoms with E-state index in [2.05, 4.69) is 39.9 Å². The molecule has 1 amide bonds. The lowest BCUT2D eigenvalue weighted by Gasteiger charge is -2.43. The molecule has 6 nitrogen and oxygen atoms in total. The second-order valence-corrected chi connectivity index (χ2v) is 11.3. The van der Waals surface area contributed by atoms with E-state index in [-0.39, 0.29) is 29.8 Å². The van der Waals surface area contributed by atoms with E-state index in [4.69, 9.17) is 33.2 Å². The van der Waals surface area contributed by atoms with E-state index in [0.29, 0.717) is 22.2 Å². The Bertz CT molecular complexity index is 1300. The number of ether oxygens (including phenoxy) is 1. The number of benzene rings is 2.